The molecule has 0 radical (unpaired) electrons. The highest BCUT2D eigenvalue weighted by Gasteiger charge is 2.30. The van der Waals surface area contributed by atoms with Crippen LogP contribution < -0.4 is 9.04 Å². The highest BCUT2D eigenvalue weighted by Crippen LogP contribution is 2.27. The molecule has 1 aliphatic rings. The fraction of sp³-hybridized carbons (Fsp3) is 0.458. The Morgan fingerprint density at radius 3 is 2.19 bits per heavy atom. The predicted molar refractivity (Wildman–Crippen MR) is 123 cm³/mol. The van der Waals surface area contributed by atoms with Gasteiger partial charge in [-0.3, -0.25) is 9.10 Å². The van der Waals surface area contributed by atoms with Crippen molar-refractivity contribution in [2.45, 2.75) is 56.9 Å². The molecule has 0 heterocycles. The van der Waals surface area contributed by atoms with Crippen LogP contribution in [0.2, 0.25) is 0 Å². The summed E-state index contributed by atoms with van der Waals surface area (Å²) in [4.78, 5) is 15.0. The van der Waals surface area contributed by atoms with Gasteiger partial charge in [0.25, 0.3) is 10.0 Å². The number of hydrogen-bond acceptors (Lipinski definition) is 4. The average molecular weight is 445 g/mol. The Kier molecular flexibility index (Phi) is 7.59. The van der Waals surface area contributed by atoms with Gasteiger partial charge in [-0.15, -0.1) is 0 Å². The second-order valence-electron chi connectivity index (χ2n) is 8.05. The number of likely N-dealkylation sites (N-methyl/N-ethyl adjacent to an activating group) is 1. The first kappa shape index (κ1) is 23.1. The van der Waals surface area contributed by atoms with Crippen molar-refractivity contribution in [3.8, 4) is 5.75 Å². The molecule has 0 spiro atoms. The number of rotatable bonds is 8. The second-order valence-corrected chi connectivity index (χ2v) is 9.91. The van der Waals surface area contributed by atoms with Gasteiger partial charge in [0.05, 0.1) is 17.2 Å². The summed E-state index contributed by atoms with van der Waals surface area (Å²) in [6, 6.07) is 13.7. The molecule has 0 N–H and O–H groups in total. The third-order valence-electron chi connectivity index (χ3n) is 5.84. The maximum Gasteiger partial charge on any atom is 0.264 e. The molecule has 168 valence electrons. The van der Waals surface area contributed by atoms with Crippen molar-refractivity contribution in [3.63, 3.8) is 0 Å². The van der Waals surface area contributed by atoms with Crippen molar-refractivity contribution in [2.24, 2.45) is 0 Å². The predicted octanol–water partition coefficient (Wildman–Crippen LogP) is 4.38. The number of amides is 1. The van der Waals surface area contributed by atoms with Crippen molar-refractivity contribution in [2.75, 3.05) is 24.5 Å². The molecule has 31 heavy (non-hydrogen) atoms. The number of anilines is 1. The Hall–Kier alpha value is -2.54. The molecule has 2 aromatic rings. The zero-order chi connectivity index (χ0) is 22.4. The first-order valence-corrected chi connectivity index (χ1v) is 12.3. The number of sulfonamides is 1. The van der Waals surface area contributed by atoms with Crippen LogP contribution in [0.1, 0.15) is 44.6 Å². The van der Waals surface area contributed by atoms with Gasteiger partial charge in [-0.2, -0.15) is 0 Å². The highest BCUT2D eigenvalue weighted by molar-refractivity contribution is 7.92. The maximum absolute atomic E-state index is 13.5. The molecule has 1 aliphatic carbocycles. The van der Waals surface area contributed by atoms with Crippen LogP contribution >= 0.6 is 0 Å². The molecule has 0 atom stereocenters. The summed E-state index contributed by atoms with van der Waals surface area (Å²) >= 11 is 0. The Morgan fingerprint density at radius 2 is 1.61 bits per heavy atom. The molecule has 1 amide bonds. The topological polar surface area (TPSA) is 66.9 Å². The molecule has 0 saturated heterocycles. The molecule has 1 fully saturated rings. The Bertz CT molecular complexity index is 966. The summed E-state index contributed by atoms with van der Waals surface area (Å²) in [6.45, 7) is 4.09. The standard InChI is InChI=1S/C24H32N2O4S/c1-4-30-22-14-16-23(17-15-22)31(28,29)26(21-12-10-19(2)11-13-21)18-24(27)25(3)20-8-6-5-7-9-20/h10-17,20H,4-9,18H2,1-3H3. The molecule has 0 unspecified atom stereocenters. The van der Waals surface area contributed by atoms with Crippen molar-refractivity contribution < 1.29 is 17.9 Å². The Morgan fingerprint density at radius 1 is 1.00 bits per heavy atom. The van der Waals surface area contributed by atoms with Crippen LogP contribution in [-0.4, -0.2) is 45.5 Å². The van der Waals surface area contributed by atoms with Crippen molar-refractivity contribution in [1.82, 2.24) is 4.90 Å². The smallest absolute Gasteiger partial charge is 0.264 e. The maximum atomic E-state index is 13.5. The lowest BCUT2D eigenvalue weighted by Crippen LogP contribution is -2.45. The Balaban J connectivity index is 1.90. The molecule has 1 saturated carbocycles. The minimum atomic E-state index is -3.93. The van der Waals surface area contributed by atoms with Crippen LogP contribution in [-0.2, 0) is 14.8 Å². The number of carbonyl (C=O) groups excluding carboxylic acids is 1. The zero-order valence-corrected chi connectivity index (χ0v) is 19.4. The van der Waals surface area contributed by atoms with E-state index in [9.17, 15) is 13.2 Å². The SMILES string of the molecule is CCOc1ccc(S(=O)(=O)N(CC(=O)N(C)C2CCCCC2)c2ccc(C)cc2)cc1. The van der Waals surface area contributed by atoms with E-state index in [0.29, 0.717) is 18.0 Å². The lowest BCUT2D eigenvalue weighted by atomic mass is 9.94. The van der Waals surface area contributed by atoms with Gasteiger partial charge in [0.2, 0.25) is 5.91 Å². The lowest BCUT2D eigenvalue weighted by molar-refractivity contribution is -0.130. The van der Waals surface area contributed by atoms with Crippen molar-refractivity contribution in [3.05, 3.63) is 54.1 Å². The van der Waals surface area contributed by atoms with Crippen molar-refractivity contribution in [1.29, 1.82) is 0 Å². The molecule has 0 bridgehead atoms. The molecular formula is C24H32N2O4S. The molecule has 3 rings (SSSR count). The second kappa shape index (κ2) is 10.2. The summed E-state index contributed by atoms with van der Waals surface area (Å²) in [6.07, 6.45) is 5.35. The van der Waals surface area contributed by atoms with Crippen LogP contribution in [0.5, 0.6) is 5.75 Å². The Labute approximate surface area is 185 Å². The quantitative estimate of drug-likeness (QED) is 0.606. The highest BCUT2D eigenvalue weighted by atomic mass is 32.2. The van der Waals surface area contributed by atoms with Gasteiger partial charge < -0.3 is 9.64 Å². The van der Waals surface area contributed by atoms with E-state index in [1.165, 1.54) is 22.9 Å². The summed E-state index contributed by atoms with van der Waals surface area (Å²) < 4.78 is 33.7. The monoisotopic (exact) mass is 444 g/mol. The first-order chi connectivity index (χ1) is 14.8. The van der Waals surface area contributed by atoms with Crippen LogP contribution in [0.25, 0.3) is 0 Å². The van der Waals surface area contributed by atoms with Gasteiger partial charge in [0.1, 0.15) is 12.3 Å². The number of nitrogens with zero attached hydrogens (tertiary/aromatic N) is 2. The molecule has 0 aromatic heterocycles. The molecule has 7 heteroatoms. The van der Waals surface area contributed by atoms with Gasteiger partial charge in [0.15, 0.2) is 0 Å². The van der Waals surface area contributed by atoms with E-state index in [1.807, 2.05) is 26.0 Å². The summed E-state index contributed by atoms with van der Waals surface area (Å²) in [5, 5.41) is 0. The normalized spacial score (nSPS) is 14.8. The summed E-state index contributed by atoms with van der Waals surface area (Å²) in [5.41, 5.74) is 1.50. The van der Waals surface area contributed by atoms with Crippen LogP contribution in [0, 0.1) is 6.92 Å². The van der Waals surface area contributed by atoms with Gasteiger partial charge in [-0.1, -0.05) is 37.0 Å². The van der Waals surface area contributed by atoms with E-state index >= 15 is 0 Å². The molecular weight excluding hydrogens is 412 g/mol. The lowest BCUT2D eigenvalue weighted by Gasteiger charge is -2.33. The third kappa shape index (κ3) is 5.58. The van der Waals surface area contributed by atoms with E-state index in [4.69, 9.17) is 4.74 Å². The van der Waals surface area contributed by atoms with Crippen LogP contribution in [0.15, 0.2) is 53.4 Å². The van der Waals surface area contributed by atoms with Crippen molar-refractivity contribution >= 4 is 21.6 Å². The molecule has 0 aliphatic heterocycles. The van der Waals surface area contributed by atoms with Gasteiger partial charge in [-0.25, -0.2) is 8.42 Å². The number of aryl methyl sites for hydroxylation is 1. The van der Waals surface area contributed by atoms with Gasteiger partial charge >= 0.3 is 0 Å². The number of benzene rings is 2. The van der Waals surface area contributed by atoms with E-state index < -0.39 is 10.0 Å². The van der Waals surface area contributed by atoms with Crippen LogP contribution in [0.4, 0.5) is 5.69 Å². The average Bonchev–Trinajstić information content (AvgIpc) is 2.78. The fourth-order valence-corrected chi connectivity index (χ4v) is 5.35. The number of hydrogen-bond donors (Lipinski definition) is 0. The fourth-order valence-electron chi connectivity index (χ4n) is 3.93. The van der Waals surface area contributed by atoms with Crippen LogP contribution in [0.3, 0.4) is 0 Å². The largest absolute Gasteiger partial charge is 0.494 e. The number of carbonyl (C=O) groups is 1. The van der Waals surface area contributed by atoms with E-state index in [1.54, 1.807) is 36.2 Å². The molecule has 6 nitrogen and oxygen atoms in total. The first-order valence-electron chi connectivity index (χ1n) is 10.9. The van der Waals surface area contributed by atoms with Gasteiger partial charge in [0, 0.05) is 13.1 Å². The van der Waals surface area contributed by atoms with E-state index in [2.05, 4.69) is 0 Å². The summed E-state index contributed by atoms with van der Waals surface area (Å²) in [5.74, 6) is 0.415. The molecule has 2 aromatic carbocycles. The van der Waals surface area contributed by atoms with E-state index in [0.717, 1.165) is 31.2 Å². The zero-order valence-electron chi connectivity index (χ0n) is 18.6. The van der Waals surface area contributed by atoms with E-state index in [-0.39, 0.29) is 23.4 Å². The minimum Gasteiger partial charge on any atom is -0.494 e. The number of ether oxygens (including phenoxy) is 1. The minimum absolute atomic E-state index is 0.129. The third-order valence-corrected chi connectivity index (χ3v) is 7.63. The summed E-state index contributed by atoms with van der Waals surface area (Å²) in [7, 11) is -2.14. The van der Waals surface area contributed by atoms with Gasteiger partial charge in [-0.05, 0) is 63.1 Å².